The van der Waals surface area contributed by atoms with Crippen molar-refractivity contribution in [1.82, 2.24) is 0 Å². The number of nitrogens with zero attached hydrogens (tertiary/aromatic N) is 1. The molecule has 0 saturated heterocycles. The van der Waals surface area contributed by atoms with Crippen molar-refractivity contribution in [3.8, 4) is 0 Å². The Hall–Kier alpha value is -1.78. The minimum absolute atomic E-state index is 0.0431. The van der Waals surface area contributed by atoms with Crippen molar-refractivity contribution in [2.24, 2.45) is 4.99 Å². The van der Waals surface area contributed by atoms with Crippen LogP contribution in [0.25, 0.3) is 0 Å². The third kappa shape index (κ3) is 5.91. The number of hydrogen-bond acceptors (Lipinski definition) is 2. The van der Waals surface area contributed by atoms with E-state index < -0.39 is 18.2 Å². The molecular weight excluding hydrogens is 267 g/mol. The topological polar surface area (TPSA) is 21.6 Å². The van der Waals surface area contributed by atoms with Crippen LogP contribution in [0.3, 0.4) is 0 Å². The second-order valence-corrected chi connectivity index (χ2v) is 4.27. The Labute approximate surface area is 117 Å². The van der Waals surface area contributed by atoms with Crippen molar-refractivity contribution in [1.29, 1.82) is 0 Å². The molecule has 1 aromatic carbocycles. The summed E-state index contributed by atoms with van der Waals surface area (Å²) in [7, 11) is 0. The van der Waals surface area contributed by atoms with Gasteiger partial charge in [-0.15, -0.1) is 0 Å². The zero-order valence-corrected chi connectivity index (χ0v) is 11.5. The van der Waals surface area contributed by atoms with Gasteiger partial charge in [-0.2, -0.15) is 13.2 Å². The molecule has 0 aromatic heterocycles. The van der Waals surface area contributed by atoms with Gasteiger partial charge in [-0.25, -0.2) is 4.99 Å². The average Bonchev–Trinajstić information content (AvgIpc) is 2.38. The number of rotatable bonds is 5. The molecule has 0 saturated carbocycles. The maximum absolute atomic E-state index is 12.8. The van der Waals surface area contributed by atoms with Crippen LogP contribution in [0.2, 0.25) is 0 Å². The van der Waals surface area contributed by atoms with E-state index in [1.54, 1.807) is 26.0 Å². The highest BCUT2D eigenvalue weighted by molar-refractivity contribution is 5.82. The molecule has 0 radical (unpaired) electrons. The molecule has 1 aromatic rings. The van der Waals surface area contributed by atoms with Crippen molar-refractivity contribution < 1.29 is 17.9 Å². The predicted octanol–water partition coefficient (Wildman–Crippen LogP) is 4.17. The Morgan fingerprint density at radius 1 is 1.30 bits per heavy atom. The van der Waals surface area contributed by atoms with Crippen molar-refractivity contribution in [3.63, 3.8) is 0 Å². The van der Waals surface area contributed by atoms with E-state index in [4.69, 9.17) is 4.74 Å². The first kappa shape index (κ1) is 16.3. The lowest BCUT2D eigenvalue weighted by molar-refractivity contribution is -0.0808. The molecule has 1 rings (SSSR count). The number of hydrogen-bond donors (Lipinski definition) is 0. The summed E-state index contributed by atoms with van der Waals surface area (Å²) in [4.78, 5) is 3.55. The molecule has 0 bridgehead atoms. The van der Waals surface area contributed by atoms with E-state index >= 15 is 0 Å². The number of aliphatic imine (C=N–C) groups is 1. The van der Waals surface area contributed by atoms with Gasteiger partial charge in [0.1, 0.15) is 6.10 Å². The lowest BCUT2D eigenvalue weighted by Crippen LogP contribution is -2.29. The third-order valence-electron chi connectivity index (χ3n) is 2.50. The fourth-order valence-corrected chi connectivity index (χ4v) is 1.61. The van der Waals surface area contributed by atoms with Crippen molar-refractivity contribution in [2.75, 3.05) is 6.54 Å². The lowest BCUT2D eigenvalue weighted by Gasteiger charge is -2.15. The van der Waals surface area contributed by atoms with Crippen molar-refractivity contribution in [3.05, 3.63) is 48.0 Å². The molecule has 110 valence electrons. The molecule has 0 fully saturated rings. The molecule has 0 amide bonds. The second kappa shape index (κ2) is 7.72. The van der Waals surface area contributed by atoms with Gasteiger partial charge in [0.25, 0.3) is 5.90 Å². The summed E-state index contributed by atoms with van der Waals surface area (Å²) in [6, 6.07) is 9.25. The number of benzene rings is 1. The van der Waals surface area contributed by atoms with Crippen LogP contribution in [0.15, 0.2) is 47.5 Å². The summed E-state index contributed by atoms with van der Waals surface area (Å²) in [5.41, 5.74) is 0.944. The van der Waals surface area contributed by atoms with E-state index in [0.29, 0.717) is 6.42 Å². The minimum atomic E-state index is -4.56. The van der Waals surface area contributed by atoms with Crippen LogP contribution in [-0.4, -0.2) is 24.7 Å². The van der Waals surface area contributed by atoms with Gasteiger partial charge in [-0.3, -0.25) is 0 Å². The van der Waals surface area contributed by atoms with Crippen molar-refractivity contribution >= 4 is 5.90 Å². The highest BCUT2D eigenvalue weighted by Crippen LogP contribution is 2.19. The molecule has 0 heterocycles. The van der Waals surface area contributed by atoms with Crippen LogP contribution < -0.4 is 0 Å². The molecule has 0 aliphatic carbocycles. The summed E-state index contributed by atoms with van der Waals surface area (Å²) >= 11 is 0. The van der Waals surface area contributed by atoms with Gasteiger partial charge < -0.3 is 4.74 Å². The zero-order valence-electron chi connectivity index (χ0n) is 11.5. The van der Waals surface area contributed by atoms with Crippen LogP contribution in [0.1, 0.15) is 19.4 Å². The van der Waals surface area contributed by atoms with Gasteiger partial charge in [0.15, 0.2) is 0 Å². The quantitative estimate of drug-likeness (QED) is 0.452. The Balaban J connectivity index is 2.66. The zero-order chi connectivity index (χ0) is 15.0. The molecular formula is C15H18F3NO. The largest absolute Gasteiger partial charge is 0.468 e. The third-order valence-corrected chi connectivity index (χ3v) is 2.50. The Kier molecular flexibility index (Phi) is 6.28. The smallest absolute Gasteiger partial charge is 0.467 e. The fraction of sp³-hybridized carbons (Fsp3) is 0.400. The maximum Gasteiger partial charge on any atom is 0.468 e. The molecule has 1 unspecified atom stereocenters. The van der Waals surface area contributed by atoms with Gasteiger partial charge >= 0.3 is 6.18 Å². The first-order chi connectivity index (χ1) is 9.43. The van der Waals surface area contributed by atoms with E-state index in [0.717, 1.165) is 5.56 Å². The minimum Gasteiger partial charge on any atom is -0.467 e. The average molecular weight is 285 g/mol. The summed E-state index contributed by atoms with van der Waals surface area (Å²) in [6.07, 6.45) is -1.59. The summed E-state index contributed by atoms with van der Waals surface area (Å²) < 4.78 is 43.1. The van der Waals surface area contributed by atoms with Gasteiger partial charge in [-0.1, -0.05) is 36.4 Å². The monoisotopic (exact) mass is 285 g/mol. The van der Waals surface area contributed by atoms with Crippen molar-refractivity contribution in [2.45, 2.75) is 32.5 Å². The Morgan fingerprint density at radius 2 is 1.95 bits per heavy atom. The molecule has 0 spiro atoms. The molecule has 1 atom stereocenters. The van der Waals surface area contributed by atoms with Gasteiger partial charge in [-0.05, 0) is 31.9 Å². The van der Waals surface area contributed by atoms with E-state index in [2.05, 4.69) is 4.99 Å². The predicted molar refractivity (Wildman–Crippen MR) is 73.9 cm³/mol. The van der Waals surface area contributed by atoms with Gasteiger partial charge in [0.2, 0.25) is 0 Å². The molecule has 0 aliphatic heterocycles. The summed E-state index contributed by atoms with van der Waals surface area (Å²) in [6.45, 7) is 3.31. The molecule has 20 heavy (non-hydrogen) atoms. The van der Waals surface area contributed by atoms with Gasteiger partial charge in [0.05, 0.1) is 0 Å². The van der Waals surface area contributed by atoms with Crippen LogP contribution in [0, 0.1) is 0 Å². The number of alkyl halides is 3. The second-order valence-electron chi connectivity index (χ2n) is 4.27. The molecule has 0 N–H and O–H groups in total. The summed E-state index contributed by atoms with van der Waals surface area (Å²) in [5, 5.41) is 0. The van der Waals surface area contributed by atoms with Crippen LogP contribution in [0.5, 0.6) is 0 Å². The fourth-order valence-electron chi connectivity index (χ4n) is 1.61. The highest BCUT2D eigenvalue weighted by atomic mass is 19.4. The molecule has 0 aliphatic rings. The van der Waals surface area contributed by atoms with Gasteiger partial charge in [0, 0.05) is 6.54 Å². The number of allylic oxidation sites excluding steroid dienone is 1. The Bertz CT molecular complexity index is 452. The SMILES string of the molecule is C/C=C/C(C)OC(=NCCc1ccccc1)C(F)(F)F. The normalized spacial score (nSPS) is 14.6. The highest BCUT2D eigenvalue weighted by Gasteiger charge is 2.38. The number of halogens is 3. The van der Waals surface area contributed by atoms with Crippen LogP contribution in [-0.2, 0) is 11.2 Å². The number of ether oxygens (including phenoxy) is 1. The van der Waals surface area contributed by atoms with E-state index in [-0.39, 0.29) is 6.54 Å². The standard InChI is InChI=1S/C15H18F3NO/c1-3-7-12(2)20-14(15(16,17)18)19-11-10-13-8-5-4-6-9-13/h3-9,12H,10-11H2,1-2H3/b7-3+,19-14?. The first-order valence-electron chi connectivity index (χ1n) is 6.38. The summed E-state index contributed by atoms with van der Waals surface area (Å²) in [5.74, 6) is -1.17. The lowest BCUT2D eigenvalue weighted by atomic mass is 10.2. The first-order valence-corrected chi connectivity index (χ1v) is 6.38. The van der Waals surface area contributed by atoms with Crippen LogP contribution in [0.4, 0.5) is 13.2 Å². The Morgan fingerprint density at radius 3 is 2.50 bits per heavy atom. The van der Waals surface area contributed by atoms with Crippen LogP contribution >= 0.6 is 0 Å². The molecule has 2 nitrogen and oxygen atoms in total. The van der Waals surface area contributed by atoms with E-state index in [9.17, 15) is 13.2 Å². The van der Waals surface area contributed by atoms with E-state index in [1.165, 1.54) is 0 Å². The maximum atomic E-state index is 12.8. The molecule has 5 heteroatoms. The van der Waals surface area contributed by atoms with E-state index in [1.807, 2.05) is 30.3 Å².